The number of morpholine rings is 1. The molecule has 0 radical (unpaired) electrons. The van der Waals surface area contributed by atoms with E-state index >= 15 is 0 Å². The number of rotatable bonds is 5. The lowest BCUT2D eigenvalue weighted by Crippen LogP contribution is -2.51. The fourth-order valence-electron chi connectivity index (χ4n) is 3.64. The highest BCUT2D eigenvalue weighted by atomic mass is 16.5. The average Bonchev–Trinajstić information content (AvgIpc) is 3.03. The Bertz CT molecular complexity index is 477. The van der Waals surface area contributed by atoms with Crippen molar-refractivity contribution in [3.05, 3.63) is 35.9 Å². The zero-order chi connectivity index (χ0) is 15.3. The van der Waals surface area contributed by atoms with E-state index in [0.717, 1.165) is 32.4 Å². The molecule has 4 heteroatoms. The van der Waals surface area contributed by atoms with Crippen LogP contribution in [0.25, 0.3) is 0 Å². The van der Waals surface area contributed by atoms with Crippen LogP contribution in [0, 0.1) is 0 Å². The van der Waals surface area contributed by atoms with E-state index in [4.69, 9.17) is 4.74 Å². The molecule has 1 aliphatic heterocycles. The van der Waals surface area contributed by atoms with Crippen molar-refractivity contribution in [3.8, 4) is 0 Å². The lowest BCUT2D eigenvalue weighted by atomic mass is 9.89. The van der Waals surface area contributed by atoms with Crippen LogP contribution in [0.15, 0.2) is 30.3 Å². The Morgan fingerprint density at radius 2 is 1.82 bits per heavy atom. The Balaban J connectivity index is 1.58. The summed E-state index contributed by atoms with van der Waals surface area (Å²) in [5.74, 6) is 0.211. The van der Waals surface area contributed by atoms with Gasteiger partial charge in [0.25, 0.3) is 0 Å². The highest BCUT2D eigenvalue weighted by Crippen LogP contribution is 2.32. The lowest BCUT2D eigenvalue weighted by Gasteiger charge is -2.33. The Hall–Kier alpha value is -1.39. The number of ether oxygens (including phenoxy) is 1. The SMILES string of the molecule is O=C(CNC1(Cc2ccccc2)CCCC1)N1CCOCC1. The van der Waals surface area contributed by atoms with Crippen LogP contribution < -0.4 is 5.32 Å². The Labute approximate surface area is 132 Å². The van der Waals surface area contributed by atoms with Crippen molar-refractivity contribution in [2.75, 3.05) is 32.8 Å². The lowest BCUT2D eigenvalue weighted by molar-refractivity contribution is -0.134. The van der Waals surface area contributed by atoms with Crippen LogP contribution in [-0.4, -0.2) is 49.2 Å². The van der Waals surface area contributed by atoms with Crippen molar-refractivity contribution in [1.82, 2.24) is 10.2 Å². The zero-order valence-electron chi connectivity index (χ0n) is 13.2. The molecule has 1 saturated heterocycles. The van der Waals surface area contributed by atoms with E-state index in [9.17, 15) is 4.79 Å². The van der Waals surface area contributed by atoms with Crippen molar-refractivity contribution >= 4 is 5.91 Å². The van der Waals surface area contributed by atoms with E-state index in [1.54, 1.807) is 0 Å². The molecule has 0 unspecified atom stereocenters. The summed E-state index contributed by atoms with van der Waals surface area (Å²) in [5.41, 5.74) is 1.46. The first-order chi connectivity index (χ1) is 10.8. The molecule has 0 aromatic heterocycles. The van der Waals surface area contributed by atoms with Crippen molar-refractivity contribution in [2.24, 2.45) is 0 Å². The van der Waals surface area contributed by atoms with E-state index in [1.165, 1.54) is 18.4 Å². The number of hydrogen-bond acceptors (Lipinski definition) is 3. The van der Waals surface area contributed by atoms with E-state index in [1.807, 2.05) is 4.90 Å². The topological polar surface area (TPSA) is 41.6 Å². The molecule has 1 N–H and O–H groups in total. The van der Waals surface area contributed by atoms with Gasteiger partial charge >= 0.3 is 0 Å². The summed E-state index contributed by atoms with van der Waals surface area (Å²) in [6.45, 7) is 3.24. The van der Waals surface area contributed by atoms with Gasteiger partial charge in [0, 0.05) is 18.6 Å². The van der Waals surface area contributed by atoms with Gasteiger partial charge in [-0.25, -0.2) is 0 Å². The van der Waals surface area contributed by atoms with Crippen molar-refractivity contribution in [2.45, 2.75) is 37.6 Å². The maximum absolute atomic E-state index is 12.4. The van der Waals surface area contributed by atoms with E-state index in [-0.39, 0.29) is 11.4 Å². The molecule has 1 heterocycles. The van der Waals surface area contributed by atoms with Gasteiger partial charge in [0.05, 0.1) is 19.8 Å². The number of nitrogens with one attached hydrogen (secondary N) is 1. The van der Waals surface area contributed by atoms with E-state index < -0.39 is 0 Å². The quantitative estimate of drug-likeness (QED) is 0.904. The number of nitrogens with zero attached hydrogens (tertiary/aromatic N) is 1. The molecule has 0 bridgehead atoms. The van der Waals surface area contributed by atoms with Crippen LogP contribution in [0.1, 0.15) is 31.2 Å². The van der Waals surface area contributed by atoms with E-state index in [2.05, 4.69) is 35.6 Å². The largest absolute Gasteiger partial charge is 0.378 e. The average molecular weight is 302 g/mol. The predicted octanol–water partition coefficient (Wildman–Crippen LogP) is 1.99. The van der Waals surface area contributed by atoms with Crippen molar-refractivity contribution in [1.29, 1.82) is 0 Å². The fourth-order valence-corrected chi connectivity index (χ4v) is 3.64. The highest BCUT2D eigenvalue weighted by molar-refractivity contribution is 5.78. The third kappa shape index (κ3) is 3.87. The summed E-state index contributed by atoms with van der Waals surface area (Å²) in [4.78, 5) is 14.3. The molecule has 1 aromatic rings. The van der Waals surface area contributed by atoms with Gasteiger partial charge in [0.15, 0.2) is 0 Å². The van der Waals surface area contributed by atoms with Crippen LogP contribution in [0.4, 0.5) is 0 Å². The summed E-state index contributed by atoms with van der Waals surface area (Å²) >= 11 is 0. The molecule has 1 amide bonds. The minimum Gasteiger partial charge on any atom is -0.378 e. The second-order valence-corrected chi connectivity index (χ2v) is 6.50. The standard InChI is InChI=1S/C18H26N2O2/c21-17(20-10-12-22-13-11-20)15-19-18(8-4-5-9-18)14-16-6-2-1-3-7-16/h1-3,6-7,19H,4-5,8-15H2. The zero-order valence-corrected chi connectivity index (χ0v) is 13.2. The Morgan fingerprint density at radius 3 is 2.50 bits per heavy atom. The van der Waals surface area contributed by atoms with Gasteiger partial charge in [-0.1, -0.05) is 43.2 Å². The number of hydrogen-bond donors (Lipinski definition) is 1. The summed E-state index contributed by atoms with van der Waals surface area (Å²) in [6.07, 6.45) is 5.86. The van der Waals surface area contributed by atoms with Crippen LogP contribution in [0.3, 0.4) is 0 Å². The summed E-state index contributed by atoms with van der Waals surface area (Å²) in [7, 11) is 0. The fraction of sp³-hybridized carbons (Fsp3) is 0.611. The monoisotopic (exact) mass is 302 g/mol. The van der Waals surface area contributed by atoms with Gasteiger partial charge in [-0.05, 0) is 24.8 Å². The number of carbonyl (C=O) groups excluding carboxylic acids is 1. The van der Waals surface area contributed by atoms with Gasteiger partial charge in [-0.15, -0.1) is 0 Å². The summed E-state index contributed by atoms with van der Waals surface area (Å²) in [6, 6.07) is 10.6. The first-order valence-electron chi connectivity index (χ1n) is 8.42. The number of carbonyl (C=O) groups is 1. The molecule has 1 aromatic carbocycles. The van der Waals surface area contributed by atoms with Crippen molar-refractivity contribution < 1.29 is 9.53 Å². The van der Waals surface area contributed by atoms with Gasteiger partial charge < -0.3 is 15.0 Å². The first kappa shape index (κ1) is 15.5. The van der Waals surface area contributed by atoms with Gasteiger partial charge in [0.2, 0.25) is 5.91 Å². The second-order valence-electron chi connectivity index (χ2n) is 6.50. The smallest absolute Gasteiger partial charge is 0.236 e. The van der Waals surface area contributed by atoms with E-state index in [0.29, 0.717) is 19.8 Å². The molecule has 120 valence electrons. The second kappa shape index (κ2) is 7.25. The normalized spacial score (nSPS) is 21.0. The van der Waals surface area contributed by atoms with Gasteiger partial charge in [0.1, 0.15) is 0 Å². The first-order valence-corrected chi connectivity index (χ1v) is 8.42. The molecule has 2 fully saturated rings. The van der Waals surface area contributed by atoms with Crippen molar-refractivity contribution in [3.63, 3.8) is 0 Å². The molecular weight excluding hydrogens is 276 g/mol. The van der Waals surface area contributed by atoms with Crippen LogP contribution in [0.2, 0.25) is 0 Å². The Kier molecular flexibility index (Phi) is 5.11. The number of amides is 1. The van der Waals surface area contributed by atoms with Crippen LogP contribution >= 0.6 is 0 Å². The minimum absolute atomic E-state index is 0.100. The minimum atomic E-state index is 0.100. The molecular formula is C18H26N2O2. The molecule has 22 heavy (non-hydrogen) atoms. The molecule has 2 aliphatic rings. The molecule has 1 aliphatic carbocycles. The maximum Gasteiger partial charge on any atom is 0.236 e. The summed E-state index contributed by atoms with van der Waals surface area (Å²) in [5, 5.41) is 3.61. The molecule has 3 rings (SSSR count). The molecule has 0 spiro atoms. The Morgan fingerprint density at radius 1 is 1.14 bits per heavy atom. The van der Waals surface area contributed by atoms with Gasteiger partial charge in [-0.3, -0.25) is 4.79 Å². The summed E-state index contributed by atoms with van der Waals surface area (Å²) < 4.78 is 5.31. The maximum atomic E-state index is 12.4. The molecule has 1 saturated carbocycles. The molecule has 4 nitrogen and oxygen atoms in total. The van der Waals surface area contributed by atoms with Crippen LogP contribution in [0.5, 0.6) is 0 Å². The van der Waals surface area contributed by atoms with Gasteiger partial charge in [-0.2, -0.15) is 0 Å². The third-order valence-corrected chi connectivity index (χ3v) is 4.92. The number of benzene rings is 1. The highest BCUT2D eigenvalue weighted by Gasteiger charge is 2.34. The third-order valence-electron chi connectivity index (χ3n) is 4.92. The molecule has 0 atom stereocenters. The van der Waals surface area contributed by atoms with Crippen LogP contribution in [-0.2, 0) is 16.0 Å². The predicted molar refractivity (Wildman–Crippen MR) is 86.7 cm³/mol.